The first-order chi connectivity index (χ1) is 22.1. The van der Waals surface area contributed by atoms with Crippen molar-refractivity contribution in [3.8, 4) is 0 Å². The van der Waals surface area contributed by atoms with E-state index in [4.69, 9.17) is 9.47 Å². The Morgan fingerprint density at radius 2 is 1.62 bits per heavy atom. The smallest absolute Gasteiger partial charge is 0.313 e. The van der Waals surface area contributed by atoms with Crippen LogP contribution in [0.2, 0.25) is 0 Å². The molecule has 8 N–H and O–H groups in total. The number of aliphatic hydroxyl groups is 7. The molecule has 1 heterocycles. The molecule has 274 valence electrons. The number of ether oxygens (including phenoxy) is 2. The van der Waals surface area contributed by atoms with Crippen molar-refractivity contribution < 1.29 is 59.9 Å². The number of carboxylic acid groups (broad SMARTS) is 1. The van der Waals surface area contributed by atoms with Gasteiger partial charge in [-0.15, -0.1) is 0 Å². The van der Waals surface area contributed by atoms with Gasteiger partial charge in [0.2, 0.25) is 0 Å². The van der Waals surface area contributed by atoms with Crippen LogP contribution in [0.25, 0.3) is 0 Å². The van der Waals surface area contributed by atoms with Crippen LogP contribution in [0.3, 0.4) is 0 Å². The number of Topliss-reactive ketones (excluding diaryl/α,β-unsaturated/α-hetero) is 1. The monoisotopic (exact) mass is 682 g/mol. The van der Waals surface area contributed by atoms with E-state index in [0.717, 1.165) is 12.8 Å². The SMILES string of the molecule is CC(=O)[C@H](C)[C@H](O)C[C@@]1(C(=O)O)C=C2[C@H](O)C[C@@H]3[C@@]4(C)C[C@@H](O)[C@H](O[C@@H]5O[C@H](CO)[C@@H](O)[C@H](O)[C@H]5O)C(C)(C)[C@@H]4CC[C@@]3(C)[C@]2(C)CC1. The Morgan fingerprint density at radius 1 is 0.979 bits per heavy atom. The average molecular weight is 683 g/mol. The van der Waals surface area contributed by atoms with E-state index in [2.05, 4.69) is 20.8 Å². The zero-order chi connectivity index (χ0) is 35.9. The maximum absolute atomic E-state index is 12.8. The first-order valence-corrected chi connectivity index (χ1v) is 17.6. The molecule has 0 amide bonds. The number of rotatable bonds is 8. The van der Waals surface area contributed by atoms with Crippen molar-refractivity contribution in [1.82, 2.24) is 0 Å². The first kappa shape index (κ1) is 37.8. The fraction of sp³-hybridized carbons (Fsp3) is 0.889. The van der Waals surface area contributed by atoms with Gasteiger partial charge in [0.15, 0.2) is 6.29 Å². The van der Waals surface area contributed by atoms with Gasteiger partial charge < -0.3 is 50.3 Å². The van der Waals surface area contributed by atoms with Gasteiger partial charge >= 0.3 is 5.97 Å². The van der Waals surface area contributed by atoms with E-state index < -0.39 is 95.3 Å². The Kier molecular flexibility index (Phi) is 9.94. The number of carbonyl (C=O) groups is 2. The Bertz CT molecular complexity index is 1280. The topological polar surface area (TPSA) is 214 Å². The first-order valence-electron chi connectivity index (χ1n) is 17.6. The molecule has 4 aliphatic carbocycles. The lowest BCUT2D eigenvalue weighted by Gasteiger charge is -2.71. The molecule has 48 heavy (non-hydrogen) atoms. The van der Waals surface area contributed by atoms with Gasteiger partial charge in [0.1, 0.15) is 30.2 Å². The predicted octanol–water partition coefficient (Wildman–Crippen LogP) is 1.54. The summed E-state index contributed by atoms with van der Waals surface area (Å²) in [6.45, 7) is 12.9. The second kappa shape index (κ2) is 12.6. The number of aliphatic carboxylic acids is 1. The summed E-state index contributed by atoms with van der Waals surface area (Å²) >= 11 is 0. The third kappa shape index (κ3) is 5.53. The van der Waals surface area contributed by atoms with E-state index in [0.29, 0.717) is 24.8 Å². The molecule has 5 aliphatic rings. The molecule has 0 spiro atoms. The fourth-order valence-corrected chi connectivity index (χ4v) is 11.3. The summed E-state index contributed by atoms with van der Waals surface area (Å²) in [4.78, 5) is 24.8. The van der Waals surface area contributed by atoms with Crippen LogP contribution in [-0.2, 0) is 19.1 Å². The van der Waals surface area contributed by atoms with Crippen LogP contribution in [0.1, 0.15) is 93.4 Å². The van der Waals surface area contributed by atoms with Crippen molar-refractivity contribution >= 4 is 11.8 Å². The summed E-state index contributed by atoms with van der Waals surface area (Å²) in [6, 6.07) is 0. The molecular formula is C36H58O12. The maximum atomic E-state index is 12.8. The standard InChI is InChI=1S/C36H58O12/c1-17(18(2)38)21(40)15-36(31(45)46)11-10-34(6)19(13-36)20(39)12-25-33(5)14-22(41)29(32(3,4)24(33)8-9-35(25,34)7)48-30-28(44)27(43)26(42)23(16-37)47-30/h13,17,20-30,37,39-44H,8-12,14-16H2,1-7H3,(H,45,46)/t17-,20+,21+,22+,23+,24-,25+,26+,27-,28+,29-,30-,33-,34+,35+,36-/m0/s1. The molecule has 0 radical (unpaired) electrons. The van der Waals surface area contributed by atoms with E-state index >= 15 is 0 Å². The molecule has 0 aromatic rings. The van der Waals surface area contributed by atoms with Gasteiger partial charge in [-0.2, -0.15) is 0 Å². The van der Waals surface area contributed by atoms with Gasteiger partial charge in [0.05, 0.1) is 36.4 Å². The van der Waals surface area contributed by atoms with Gasteiger partial charge in [-0.3, -0.25) is 9.59 Å². The largest absolute Gasteiger partial charge is 0.481 e. The molecule has 1 saturated heterocycles. The van der Waals surface area contributed by atoms with Crippen molar-refractivity contribution in [3.05, 3.63) is 11.6 Å². The van der Waals surface area contributed by atoms with E-state index in [1.54, 1.807) is 13.0 Å². The molecule has 0 unspecified atom stereocenters. The lowest BCUT2D eigenvalue weighted by Crippen LogP contribution is -2.69. The fourth-order valence-electron chi connectivity index (χ4n) is 11.3. The van der Waals surface area contributed by atoms with Crippen LogP contribution in [0, 0.1) is 44.8 Å². The van der Waals surface area contributed by atoms with E-state index in [1.165, 1.54) is 6.92 Å². The summed E-state index contributed by atoms with van der Waals surface area (Å²) in [6.07, 6.45) is -6.59. The Labute approximate surface area is 283 Å². The van der Waals surface area contributed by atoms with Crippen molar-refractivity contribution in [1.29, 1.82) is 0 Å². The van der Waals surface area contributed by atoms with Crippen LogP contribution in [0.15, 0.2) is 11.6 Å². The summed E-state index contributed by atoms with van der Waals surface area (Å²) in [5, 5.41) is 86.0. The maximum Gasteiger partial charge on any atom is 0.313 e. The van der Waals surface area contributed by atoms with Gasteiger partial charge in [0, 0.05) is 5.92 Å². The molecular weight excluding hydrogens is 624 g/mol. The number of ketones is 1. The van der Waals surface area contributed by atoms with Crippen LogP contribution >= 0.6 is 0 Å². The summed E-state index contributed by atoms with van der Waals surface area (Å²) in [5.41, 5.74) is -2.78. The summed E-state index contributed by atoms with van der Waals surface area (Å²) < 4.78 is 11.9. The summed E-state index contributed by atoms with van der Waals surface area (Å²) in [7, 11) is 0. The molecule has 12 heteroatoms. The normalized spacial score (nSPS) is 49.8. The van der Waals surface area contributed by atoms with Gasteiger partial charge in [-0.25, -0.2) is 0 Å². The molecule has 0 bridgehead atoms. The van der Waals surface area contributed by atoms with Gasteiger partial charge in [-0.05, 0) is 90.9 Å². The Hall–Kier alpha value is -1.48. The van der Waals surface area contributed by atoms with E-state index in [1.807, 2.05) is 13.8 Å². The second-order valence-electron chi connectivity index (χ2n) is 17.2. The molecule has 3 saturated carbocycles. The minimum Gasteiger partial charge on any atom is -0.481 e. The number of fused-ring (bicyclic) bond motifs is 5. The molecule has 5 rings (SSSR count). The van der Waals surface area contributed by atoms with E-state index in [9.17, 15) is 50.4 Å². The van der Waals surface area contributed by atoms with Crippen LogP contribution in [-0.4, -0.2) is 114 Å². The van der Waals surface area contributed by atoms with E-state index in [-0.39, 0.29) is 35.9 Å². The third-order valence-electron chi connectivity index (χ3n) is 14.5. The summed E-state index contributed by atoms with van der Waals surface area (Å²) in [5.74, 6) is -2.05. The van der Waals surface area contributed by atoms with Crippen molar-refractivity contribution in [3.63, 3.8) is 0 Å². The molecule has 12 nitrogen and oxygen atoms in total. The molecule has 1 aliphatic heterocycles. The number of hydrogen-bond donors (Lipinski definition) is 8. The zero-order valence-electron chi connectivity index (χ0n) is 29.4. The van der Waals surface area contributed by atoms with Crippen molar-refractivity contribution in [2.24, 2.45) is 44.8 Å². The third-order valence-corrected chi connectivity index (χ3v) is 14.5. The predicted molar refractivity (Wildman–Crippen MR) is 172 cm³/mol. The second-order valence-corrected chi connectivity index (χ2v) is 17.2. The Balaban J connectivity index is 1.45. The average Bonchev–Trinajstić information content (AvgIpc) is 3.00. The van der Waals surface area contributed by atoms with Crippen LogP contribution in [0.4, 0.5) is 0 Å². The molecule has 0 aromatic carbocycles. The van der Waals surface area contributed by atoms with Crippen LogP contribution in [0.5, 0.6) is 0 Å². The van der Waals surface area contributed by atoms with Gasteiger partial charge in [-0.1, -0.05) is 47.6 Å². The highest BCUT2D eigenvalue weighted by Crippen LogP contribution is 2.74. The minimum absolute atomic E-state index is 0.00704. The highest BCUT2D eigenvalue weighted by molar-refractivity contribution is 5.80. The number of carbonyl (C=O) groups excluding carboxylic acids is 1. The molecule has 16 atom stereocenters. The van der Waals surface area contributed by atoms with Crippen LogP contribution < -0.4 is 0 Å². The van der Waals surface area contributed by atoms with Crippen molar-refractivity contribution in [2.45, 2.75) is 149 Å². The molecule has 4 fully saturated rings. The highest BCUT2D eigenvalue weighted by Gasteiger charge is 2.70. The minimum atomic E-state index is -1.60. The molecule has 0 aromatic heterocycles. The van der Waals surface area contributed by atoms with Crippen molar-refractivity contribution in [2.75, 3.05) is 6.61 Å². The Morgan fingerprint density at radius 3 is 2.21 bits per heavy atom. The lowest BCUT2D eigenvalue weighted by molar-refractivity contribution is -0.342. The lowest BCUT2D eigenvalue weighted by atomic mass is 9.34. The van der Waals surface area contributed by atoms with Gasteiger partial charge in [0.25, 0.3) is 0 Å². The number of aliphatic hydroxyl groups excluding tert-OH is 7. The zero-order valence-corrected chi connectivity index (χ0v) is 29.4. The number of hydrogen-bond acceptors (Lipinski definition) is 11. The number of carboxylic acids is 1. The highest BCUT2D eigenvalue weighted by atomic mass is 16.7. The quantitative estimate of drug-likeness (QED) is 0.135.